The van der Waals surface area contributed by atoms with E-state index in [1.165, 1.54) is 0 Å². The highest BCUT2D eigenvalue weighted by atomic mass is 19.4. The van der Waals surface area contributed by atoms with Gasteiger partial charge in [-0.15, -0.1) is 0 Å². The van der Waals surface area contributed by atoms with Crippen LogP contribution >= 0.6 is 0 Å². The third kappa shape index (κ3) is 2.19. The molecule has 0 bridgehead atoms. The highest BCUT2D eigenvalue weighted by Gasteiger charge is 2.34. The van der Waals surface area contributed by atoms with Crippen molar-refractivity contribution in [1.29, 1.82) is 0 Å². The Bertz CT molecular complexity index is 283. The van der Waals surface area contributed by atoms with E-state index in [1.54, 1.807) is 0 Å². The molecule has 1 rings (SSSR count). The number of nitrogens with two attached hydrogens (primary N) is 1. The third-order valence-electron chi connectivity index (χ3n) is 1.48. The number of rotatable bonds is 2. The van der Waals surface area contributed by atoms with Gasteiger partial charge in [0.05, 0.1) is 18.3 Å². The normalized spacial score (nSPS) is 14.5. The van der Waals surface area contributed by atoms with E-state index in [9.17, 15) is 13.2 Å². The number of halogens is 3. The number of aliphatic hydroxyl groups excluding tert-OH is 1. The summed E-state index contributed by atoms with van der Waals surface area (Å²) in [6.07, 6.45) is -4.48. The first-order valence-electron chi connectivity index (χ1n) is 3.44. The summed E-state index contributed by atoms with van der Waals surface area (Å²) in [5.74, 6) is 0. The SMILES string of the molecule is N[C@@H](CO)c1cc(C(F)(F)F)n[nH]1. The summed E-state index contributed by atoms with van der Waals surface area (Å²) in [6.45, 7) is -0.431. The number of nitrogens with zero attached hydrogens (tertiary/aromatic N) is 1. The Hall–Kier alpha value is -1.08. The van der Waals surface area contributed by atoms with E-state index in [0.717, 1.165) is 6.07 Å². The molecule has 4 nitrogen and oxygen atoms in total. The molecular weight excluding hydrogens is 187 g/mol. The predicted molar refractivity (Wildman–Crippen MR) is 37.6 cm³/mol. The van der Waals surface area contributed by atoms with Crippen LogP contribution in [0.1, 0.15) is 17.4 Å². The van der Waals surface area contributed by atoms with Crippen LogP contribution in [0.3, 0.4) is 0 Å². The van der Waals surface area contributed by atoms with Gasteiger partial charge < -0.3 is 10.8 Å². The average molecular weight is 195 g/mol. The van der Waals surface area contributed by atoms with Crippen molar-refractivity contribution in [1.82, 2.24) is 10.2 Å². The van der Waals surface area contributed by atoms with Gasteiger partial charge in [-0.25, -0.2) is 0 Å². The molecule has 13 heavy (non-hydrogen) atoms. The molecule has 0 aliphatic carbocycles. The Balaban J connectivity index is 2.87. The molecule has 0 aliphatic heterocycles. The number of hydrogen-bond donors (Lipinski definition) is 3. The summed E-state index contributed by atoms with van der Waals surface area (Å²) < 4.78 is 35.9. The second-order valence-corrected chi connectivity index (χ2v) is 2.50. The fourth-order valence-electron chi connectivity index (χ4n) is 0.770. The molecule has 1 heterocycles. The number of aromatic amines is 1. The van der Waals surface area contributed by atoms with Crippen LogP contribution in [-0.4, -0.2) is 21.9 Å². The van der Waals surface area contributed by atoms with Crippen LogP contribution in [0.2, 0.25) is 0 Å². The van der Waals surface area contributed by atoms with Crippen molar-refractivity contribution < 1.29 is 18.3 Å². The van der Waals surface area contributed by atoms with E-state index in [4.69, 9.17) is 10.8 Å². The Labute approximate surface area is 71.6 Å². The number of hydrogen-bond acceptors (Lipinski definition) is 3. The smallest absolute Gasteiger partial charge is 0.394 e. The lowest BCUT2D eigenvalue weighted by molar-refractivity contribution is -0.141. The van der Waals surface area contributed by atoms with Crippen molar-refractivity contribution in [3.8, 4) is 0 Å². The Kier molecular flexibility index (Phi) is 2.58. The monoisotopic (exact) mass is 195 g/mol. The highest BCUT2D eigenvalue weighted by molar-refractivity contribution is 5.14. The van der Waals surface area contributed by atoms with Crippen LogP contribution in [-0.2, 0) is 6.18 Å². The second-order valence-electron chi connectivity index (χ2n) is 2.50. The van der Waals surface area contributed by atoms with Crippen molar-refractivity contribution in [3.05, 3.63) is 17.5 Å². The summed E-state index contributed by atoms with van der Waals surface area (Å²) in [5, 5.41) is 13.7. The minimum Gasteiger partial charge on any atom is -0.394 e. The van der Waals surface area contributed by atoms with E-state index in [1.807, 2.05) is 0 Å². The summed E-state index contributed by atoms with van der Waals surface area (Å²) in [5.41, 5.74) is 4.29. The molecule has 4 N–H and O–H groups in total. The zero-order valence-electron chi connectivity index (χ0n) is 6.47. The molecule has 0 saturated carbocycles. The molecule has 1 atom stereocenters. The molecule has 0 unspecified atom stereocenters. The molecule has 7 heteroatoms. The molecule has 0 fully saturated rings. The van der Waals surface area contributed by atoms with Gasteiger partial charge in [0.15, 0.2) is 5.69 Å². The van der Waals surface area contributed by atoms with Crippen LogP contribution in [0.15, 0.2) is 6.07 Å². The van der Waals surface area contributed by atoms with Crippen LogP contribution < -0.4 is 5.73 Å². The molecule has 0 amide bonds. The number of nitrogens with one attached hydrogen (secondary N) is 1. The molecule has 0 aliphatic rings. The average Bonchev–Trinajstić information content (AvgIpc) is 2.50. The van der Waals surface area contributed by atoms with E-state index >= 15 is 0 Å². The summed E-state index contributed by atoms with van der Waals surface area (Å²) in [6, 6.07) is -0.0791. The van der Waals surface area contributed by atoms with Gasteiger partial charge >= 0.3 is 6.18 Å². The lowest BCUT2D eigenvalue weighted by Gasteiger charge is -2.02. The molecule has 1 aromatic rings. The summed E-state index contributed by atoms with van der Waals surface area (Å²) in [7, 11) is 0. The Morgan fingerprint density at radius 3 is 2.62 bits per heavy atom. The van der Waals surface area contributed by atoms with Gasteiger partial charge in [-0.1, -0.05) is 0 Å². The van der Waals surface area contributed by atoms with Gasteiger partial charge in [-0.2, -0.15) is 18.3 Å². The first-order valence-corrected chi connectivity index (χ1v) is 3.44. The van der Waals surface area contributed by atoms with E-state index in [-0.39, 0.29) is 5.69 Å². The molecule has 1 aromatic heterocycles. The van der Waals surface area contributed by atoms with Crippen molar-refractivity contribution in [2.45, 2.75) is 12.2 Å². The zero-order valence-corrected chi connectivity index (χ0v) is 6.47. The van der Waals surface area contributed by atoms with Crippen LogP contribution in [0.25, 0.3) is 0 Å². The number of alkyl halides is 3. The maximum absolute atomic E-state index is 12.0. The molecule has 0 spiro atoms. The topological polar surface area (TPSA) is 74.9 Å². The van der Waals surface area contributed by atoms with Crippen LogP contribution in [0.4, 0.5) is 13.2 Å². The van der Waals surface area contributed by atoms with Gasteiger partial charge in [-0.3, -0.25) is 5.10 Å². The lowest BCUT2D eigenvalue weighted by Crippen LogP contribution is -2.14. The van der Waals surface area contributed by atoms with Crippen molar-refractivity contribution in [3.63, 3.8) is 0 Å². The first kappa shape index (κ1) is 10.0. The number of aromatic nitrogens is 2. The van der Waals surface area contributed by atoms with Gasteiger partial charge in [0, 0.05) is 0 Å². The maximum atomic E-state index is 12.0. The fraction of sp³-hybridized carbons (Fsp3) is 0.500. The zero-order chi connectivity index (χ0) is 10.1. The molecule has 0 saturated heterocycles. The Morgan fingerprint density at radius 1 is 1.62 bits per heavy atom. The van der Waals surface area contributed by atoms with E-state index in [2.05, 4.69) is 10.2 Å². The third-order valence-corrected chi connectivity index (χ3v) is 1.48. The standard InChI is InChI=1S/C6H8F3N3O/c7-6(8,9)5-1-4(11-12-5)3(10)2-13/h1,3,13H,2,10H2,(H,11,12)/t3-/m0/s1. The first-order chi connectivity index (χ1) is 5.95. The largest absolute Gasteiger partial charge is 0.435 e. The van der Waals surface area contributed by atoms with Gasteiger partial charge in [0.2, 0.25) is 0 Å². The van der Waals surface area contributed by atoms with Gasteiger partial charge in [0.1, 0.15) is 0 Å². The van der Waals surface area contributed by atoms with Crippen molar-refractivity contribution in [2.24, 2.45) is 5.73 Å². The molecule has 0 aromatic carbocycles. The maximum Gasteiger partial charge on any atom is 0.435 e. The molecule has 0 radical (unpaired) electrons. The number of aliphatic hydroxyl groups is 1. The highest BCUT2D eigenvalue weighted by Crippen LogP contribution is 2.28. The number of H-pyrrole nitrogens is 1. The van der Waals surface area contributed by atoms with Gasteiger partial charge in [0.25, 0.3) is 0 Å². The van der Waals surface area contributed by atoms with Crippen LogP contribution in [0.5, 0.6) is 0 Å². The van der Waals surface area contributed by atoms with Crippen molar-refractivity contribution in [2.75, 3.05) is 6.61 Å². The summed E-state index contributed by atoms with van der Waals surface area (Å²) >= 11 is 0. The summed E-state index contributed by atoms with van der Waals surface area (Å²) in [4.78, 5) is 0. The predicted octanol–water partition coefficient (Wildman–Crippen LogP) is 0.421. The molecular formula is C6H8F3N3O. The quantitative estimate of drug-likeness (QED) is 0.640. The van der Waals surface area contributed by atoms with Gasteiger partial charge in [-0.05, 0) is 6.07 Å². The minimum absolute atomic E-state index is 0.0647. The van der Waals surface area contributed by atoms with Crippen molar-refractivity contribution >= 4 is 0 Å². The van der Waals surface area contributed by atoms with Crippen LogP contribution in [0, 0.1) is 0 Å². The molecule has 74 valence electrons. The minimum atomic E-state index is -4.48. The lowest BCUT2D eigenvalue weighted by atomic mass is 10.2. The second kappa shape index (κ2) is 3.35. The fourth-order valence-corrected chi connectivity index (χ4v) is 0.770. The Morgan fingerprint density at radius 2 is 2.23 bits per heavy atom. The van der Waals surface area contributed by atoms with E-state index in [0.29, 0.717) is 0 Å². The van der Waals surface area contributed by atoms with E-state index < -0.39 is 24.5 Å².